The third kappa shape index (κ3) is 4.46. The second-order valence-electron chi connectivity index (χ2n) is 8.24. The van der Waals surface area contributed by atoms with Crippen LogP contribution in [0.4, 0.5) is 11.6 Å². The van der Waals surface area contributed by atoms with Gasteiger partial charge in [-0.05, 0) is 48.8 Å². The molecular formula is C22H30N4O. The van der Waals surface area contributed by atoms with Crippen LogP contribution in [0.3, 0.4) is 0 Å². The Balaban J connectivity index is 1.83. The predicted octanol–water partition coefficient (Wildman–Crippen LogP) is 4.92. The normalized spacial score (nSPS) is 17.6. The summed E-state index contributed by atoms with van der Waals surface area (Å²) in [6.45, 7) is 9.49. The van der Waals surface area contributed by atoms with Crippen LogP contribution < -0.4 is 5.32 Å². The van der Waals surface area contributed by atoms with Crippen LogP contribution in [0, 0.1) is 0 Å². The van der Waals surface area contributed by atoms with E-state index in [1.165, 1.54) is 12.0 Å². The van der Waals surface area contributed by atoms with Crippen LogP contribution in [0.1, 0.15) is 69.4 Å². The van der Waals surface area contributed by atoms with Crippen molar-refractivity contribution in [2.45, 2.75) is 64.8 Å². The summed E-state index contributed by atoms with van der Waals surface area (Å²) in [6, 6.07) is 10.2. The summed E-state index contributed by atoms with van der Waals surface area (Å²) in [5.41, 5.74) is 2.62. The third-order valence-corrected chi connectivity index (χ3v) is 5.22. The molecule has 1 unspecified atom stereocenters. The van der Waals surface area contributed by atoms with Crippen molar-refractivity contribution in [2.75, 3.05) is 11.9 Å². The van der Waals surface area contributed by atoms with Crippen molar-refractivity contribution in [3.05, 3.63) is 47.8 Å². The van der Waals surface area contributed by atoms with E-state index in [0.717, 1.165) is 31.5 Å². The summed E-state index contributed by atoms with van der Waals surface area (Å²) in [7, 11) is 0. The summed E-state index contributed by atoms with van der Waals surface area (Å²) < 4.78 is 0. The maximum absolute atomic E-state index is 13.0. The Bertz CT molecular complexity index is 797. The molecule has 0 saturated carbocycles. The van der Waals surface area contributed by atoms with Gasteiger partial charge in [-0.1, -0.05) is 45.9 Å². The number of piperidine rings is 1. The van der Waals surface area contributed by atoms with E-state index in [1.54, 1.807) is 12.3 Å². The summed E-state index contributed by atoms with van der Waals surface area (Å²) in [6.07, 6.45) is 5.99. The van der Waals surface area contributed by atoms with Gasteiger partial charge in [-0.25, -0.2) is 9.97 Å². The molecule has 0 radical (unpaired) electrons. The maximum atomic E-state index is 13.0. The molecule has 1 aliphatic heterocycles. The van der Waals surface area contributed by atoms with Gasteiger partial charge in [0.1, 0.15) is 5.69 Å². The first-order chi connectivity index (χ1) is 12.9. The Morgan fingerprint density at radius 2 is 2.00 bits per heavy atom. The average molecular weight is 367 g/mol. The van der Waals surface area contributed by atoms with Crippen LogP contribution in [0.15, 0.2) is 36.5 Å². The SMILES string of the molecule is CCC1CCCCN1C(=O)c1ccnc(Nc2ccccc2C(C)(C)C)n1. The van der Waals surface area contributed by atoms with E-state index in [0.29, 0.717) is 17.7 Å². The molecule has 1 aromatic carbocycles. The number of carbonyl (C=O) groups excluding carboxylic acids is 1. The average Bonchev–Trinajstić information content (AvgIpc) is 2.67. The van der Waals surface area contributed by atoms with Crippen molar-refractivity contribution in [3.63, 3.8) is 0 Å². The lowest BCUT2D eigenvalue weighted by molar-refractivity contribution is 0.0602. The van der Waals surface area contributed by atoms with Crippen LogP contribution in [0.5, 0.6) is 0 Å². The number of nitrogens with one attached hydrogen (secondary N) is 1. The fourth-order valence-electron chi connectivity index (χ4n) is 3.74. The molecule has 5 nitrogen and oxygen atoms in total. The van der Waals surface area contributed by atoms with E-state index >= 15 is 0 Å². The van der Waals surface area contributed by atoms with Gasteiger partial charge in [0.15, 0.2) is 0 Å². The fourth-order valence-corrected chi connectivity index (χ4v) is 3.74. The van der Waals surface area contributed by atoms with Crippen LogP contribution >= 0.6 is 0 Å². The van der Waals surface area contributed by atoms with Crippen LogP contribution in [0.25, 0.3) is 0 Å². The van der Waals surface area contributed by atoms with Gasteiger partial charge >= 0.3 is 0 Å². The summed E-state index contributed by atoms with van der Waals surface area (Å²) in [5.74, 6) is 0.471. The number of benzene rings is 1. The summed E-state index contributed by atoms with van der Waals surface area (Å²) >= 11 is 0. The number of aromatic nitrogens is 2. The van der Waals surface area contributed by atoms with Gasteiger partial charge in [0.05, 0.1) is 0 Å². The summed E-state index contributed by atoms with van der Waals surface area (Å²) in [5, 5.41) is 3.31. The second-order valence-corrected chi connectivity index (χ2v) is 8.24. The molecule has 1 atom stereocenters. The van der Waals surface area contributed by atoms with E-state index in [4.69, 9.17) is 0 Å². The Morgan fingerprint density at radius 3 is 2.74 bits per heavy atom. The van der Waals surface area contributed by atoms with Gasteiger partial charge in [-0.2, -0.15) is 0 Å². The molecule has 1 aromatic heterocycles. The molecule has 2 aromatic rings. The van der Waals surface area contributed by atoms with Gasteiger partial charge in [0, 0.05) is 24.5 Å². The second kappa shape index (κ2) is 8.07. The van der Waals surface area contributed by atoms with Gasteiger partial charge in [-0.15, -0.1) is 0 Å². The summed E-state index contributed by atoms with van der Waals surface area (Å²) in [4.78, 5) is 23.8. The van der Waals surface area contributed by atoms with Crippen molar-refractivity contribution in [1.29, 1.82) is 0 Å². The largest absolute Gasteiger partial charge is 0.334 e. The molecule has 1 aliphatic rings. The topological polar surface area (TPSA) is 58.1 Å². The number of para-hydroxylation sites is 1. The van der Waals surface area contributed by atoms with Crippen molar-refractivity contribution in [3.8, 4) is 0 Å². The Labute approximate surface area is 162 Å². The van der Waals surface area contributed by atoms with E-state index in [9.17, 15) is 4.79 Å². The highest BCUT2D eigenvalue weighted by Gasteiger charge is 2.27. The number of amides is 1. The Hall–Kier alpha value is -2.43. The van der Waals surface area contributed by atoms with E-state index < -0.39 is 0 Å². The zero-order valence-corrected chi connectivity index (χ0v) is 16.8. The maximum Gasteiger partial charge on any atom is 0.272 e. The number of carbonyl (C=O) groups is 1. The molecule has 1 saturated heterocycles. The van der Waals surface area contributed by atoms with Crippen molar-refractivity contribution in [2.24, 2.45) is 0 Å². The fraction of sp³-hybridized carbons (Fsp3) is 0.500. The number of rotatable bonds is 4. The first kappa shape index (κ1) is 19.3. The molecule has 0 aliphatic carbocycles. The van der Waals surface area contributed by atoms with Gasteiger partial charge in [-0.3, -0.25) is 4.79 Å². The van der Waals surface area contributed by atoms with Crippen LogP contribution in [-0.2, 0) is 5.41 Å². The Morgan fingerprint density at radius 1 is 1.22 bits per heavy atom. The van der Waals surface area contributed by atoms with Crippen molar-refractivity contribution < 1.29 is 4.79 Å². The molecule has 1 amide bonds. The highest BCUT2D eigenvalue weighted by atomic mass is 16.2. The van der Waals surface area contributed by atoms with Crippen LogP contribution in [0.2, 0.25) is 0 Å². The zero-order chi connectivity index (χ0) is 19.4. The van der Waals surface area contributed by atoms with Gasteiger partial charge in [0.25, 0.3) is 5.91 Å². The molecule has 27 heavy (non-hydrogen) atoms. The molecule has 2 heterocycles. The zero-order valence-electron chi connectivity index (χ0n) is 16.8. The third-order valence-electron chi connectivity index (χ3n) is 5.22. The highest BCUT2D eigenvalue weighted by molar-refractivity contribution is 5.92. The monoisotopic (exact) mass is 366 g/mol. The highest BCUT2D eigenvalue weighted by Crippen LogP contribution is 2.30. The number of anilines is 2. The lowest BCUT2D eigenvalue weighted by Crippen LogP contribution is -2.43. The molecule has 3 rings (SSSR count). The quantitative estimate of drug-likeness (QED) is 0.834. The lowest BCUT2D eigenvalue weighted by atomic mass is 9.86. The van der Waals surface area contributed by atoms with Gasteiger partial charge < -0.3 is 10.2 Å². The van der Waals surface area contributed by atoms with E-state index in [2.05, 4.69) is 49.0 Å². The molecule has 1 fully saturated rings. The Kier molecular flexibility index (Phi) is 5.78. The molecule has 1 N–H and O–H groups in total. The first-order valence-corrected chi connectivity index (χ1v) is 9.90. The number of hydrogen-bond acceptors (Lipinski definition) is 4. The van der Waals surface area contributed by atoms with Crippen molar-refractivity contribution >= 4 is 17.5 Å². The van der Waals surface area contributed by atoms with Gasteiger partial charge in [0.2, 0.25) is 5.95 Å². The minimum atomic E-state index is -0.000822. The predicted molar refractivity (Wildman–Crippen MR) is 109 cm³/mol. The minimum Gasteiger partial charge on any atom is -0.334 e. The number of nitrogens with zero attached hydrogens (tertiary/aromatic N) is 3. The lowest BCUT2D eigenvalue weighted by Gasteiger charge is -2.35. The minimum absolute atomic E-state index is 0.000822. The van der Waals surface area contributed by atoms with Crippen LogP contribution in [-0.4, -0.2) is 33.4 Å². The van der Waals surface area contributed by atoms with E-state index in [1.807, 2.05) is 23.1 Å². The molecule has 5 heteroatoms. The first-order valence-electron chi connectivity index (χ1n) is 9.90. The molecule has 0 bridgehead atoms. The molecule has 0 spiro atoms. The number of likely N-dealkylation sites (tertiary alicyclic amines) is 1. The molecule has 144 valence electrons. The number of hydrogen-bond donors (Lipinski definition) is 1. The standard InChI is InChI=1S/C22H30N4O/c1-5-16-10-8-9-15-26(16)20(27)19-13-14-23-21(25-19)24-18-12-7-6-11-17(18)22(2,3)4/h6-7,11-14,16H,5,8-10,15H2,1-4H3,(H,23,24,25). The van der Waals surface area contributed by atoms with Crippen molar-refractivity contribution in [1.82, 2.24) is 14.9 Å². The van der Waals surface area contributed by atoms with E-state index in [-0.39, 0.29) is 11.3 Å². The smallest absolute Gasteiger partial charge is 0.272 e. The molecular weight excluding hydrogens is 336 g/mol.